The fraction of sp³-hybridized carbons (Fsp3) is 0.556. The van der Waals surface area contributed by atoms with Gasteiger partial charge < -0.3 is 5.32 Å². The Morgan fingerprint density at radius 1 is 1.67 bits per heavy atom. The van der Waals surface area contributed by atoms with Crippen LogP contribution in [0.3, 0.4) is 0 Å². The van der Waals surface area contributed by atoms with E-state index >= 15 is 0 Å². The summed E-state index contributed by atoms with van der Waals surface area (Å²) in [5.41, 5.74) is 3.57. The molecule has 1 rings (SSSR count). The van der Waals surface area contributed by atoms with Gasteiger partial charge in [-0.3, -0.25) is 10.1 Å². The van der Waals surface area contributed by atoms with Crippen LogP contribution in [0.2, 0.25) is 0 Å². The Labute approximate surface area is 89.5 Å². The summed E-state index contributed by atoms with van der Waals surface area (Å²) in [4.78, 5) is 4.29. The van der Waals surface area contributed by atoms with Gasteiger partial charge in [0, 0.05) is 19.8 Å². The van der Waals surface area contributed by atoms with Crippen LogP contribution in [0.25, 0.3) is 0 Å². The van der Waals surface area contributed by atoms with E-state index in [0.29, 0.717) is 12.5 Å². The predicted octanol–water partition coefficient (Wildman–Crippen LogP) is -0.261. The Kier molecular flexibility index (Phi) is 4.62. The normalized spacial score (nSPS) is 11.5. The first-order valence-corrected chi connectivity index (χ1v) is 4.99. The highest BCUT2D eigenvalue weighted by Gasteiger charge is 1.98. The van der Waals surface area contributed by atoms with Gasteiger partial charge >= 0.3 is 0 Å². The van der Waals surface area contributed by atoms with Crippen LogP contribution < -0.4 is 16.6 Å². The number of aliphatic imine (C=N–C) groups is 1. The summed E-state index contributed by atoms with van der Waals surface area (Å²) in [6, 6.07) is 1.93. The van der Waals surface area contributed by atoms with Crippen LogP contribution in [-0.4, -0.2) is 22.3 Å². The van der Waals surface area contributed by atoms with Gasteiger partial charge in [-0.1, -0.05) is 6.92 Å². The van der Waals surface area contributed by atoms with Gasteiger partial charge in [0.05, 0.1) is 12.2 Å². The number of nitrogens with zero attached hydrogens (tertiary/aromatic N) is 3. The van der Waals surface area contributed by atoms with Crippen molar-refractivity contribution in [2.45, 2.75) is 19.9 Å². The molecular formula is C9H18N6. The van der Waals surface area contributed by atoms with Gasteiger partial charge in [-0.05, 0) is 12.5 Å². The average molecular weight is 210 g/mol. The monoisotopic (exact) mass is 210 g/mol. The average Bonchev–Trinajstić information content (AvgIpc) is 2.65. The zero-order chi connectivity index (χ0) is 11.1. The highest BCUT2D eigenvalue weighted by molar-refractivity contribution is 5.79. The molecule has 0 unspecified atom stereocenters. The first-order chi connectivity index (χ1) is 7.27. The maximum absolute atomic E-state index is 5.33. The maximum Gasteiger partial charge on any atom is 0.206 e. The molecular weight excluding hydrogens is 192 g/mol. The molecule has 6 nitrogen and oxygen atoms in total. The number of rotatable bonds is 4. The highest BCUT2D eigenvalue weighted by atomic mass is 15.3. The van der Waals surface area contributed by atoms with Crippen LogP contribution >= 0.6 is 0 Å². The molecule has 0 saturated heterocycles. The third-order valence-electron chi connectivity index (χ3n) is 2.00. The first-order valence-electron chi connectivity index (χ1n) is 4.99. The van der Waals surface area contributed by atoms with E-state index in [0.717, 1.165) is 18.7 Å². The van der Waals surface area contributed by atoms with Crippen molar-refractivity contribution in [2.75, 3.05) is 6.54 Å². The quantitative estimate of drug-likeness (QED) is 0.277. The number of aromatic nitrogens is 2. The van der Waals surface area contributed by atoms with Gasteiger partial charge in [0.2, 0.25) is 5.96 Å². The van der Waals surface area contributed by atoms with Gasteiger partial charge in [-0.25, -0.2) is 10.8 Å². The summed E-state index contributed by atoms with van der Waals surface area (Å²) in [6.07, 6.45) is 2.78. The third kappa shape index (κ3) is 3.59. The Balaban J connectivity index is 2.50. The van der Waals surface area contributed by atoms with Crippen molar-refractivity contribution >= 4 is 5.96 Å². The molecule has 0 aliphatic carbocycles. The zero-order valence-corrected chi connectivity index (χ0v) is 9.20. The third-order valence-corrected chi connectivity index (χ3v) is 2.00. The smallest absolute Gasteiger partial charge is 0.206 e. The van der Waals surface area contributed by atoms with Crippen LogP contribution in [0.15, 0.2) is 17.3 Å². The molecule has 15 heavy (non-hydrogen) atoms. The fourth-order valence-corrected chi connectivity index (χ4v) is 1.11. The Morgan fingerprint density at radius 3 is 3.00 bits per heavy atom. The van der Waals surface area contributed by atoms with Gasteiger partial charge in [0.25, 0.3) is 0 Å². The number of hydrogen-bond acceptors (Lipinski definition) is 3. The van der Waals surface area contributed by atoms with Crippen molar-refractivity contribution < 1.29 is 0 Å². The number of nitrogens with two attached hydrogens (primary N) is 1. The van der Waals surface area contributed by atoms with E-state index in [1.165, 1.54) is 0 Å². The fourth-order valence-electron chi connectivity index (χ4n) is 1.11. The molecule has 0 amide bonds. The molecule has 1 aromatic heterocycles. The predicted molar refractivity (Wildman–Crippen MR) is 60.0 cm³/mol. The van der Waals surface area contributed by atoms with Gasteiger partial charge in [-0.15, -0.1) is 0 Å². The van der Waals surface area contributed by atoms with Crippen molar-refractivity contribution in [3.8, 4) is 0 Å². The number of nitrogens with one attached hydrogen (secondary N) is 2. The summed E-state index contributed by atoms with van der Waals surface area (Å²) < 4.78 is 1.79. The van der Waals surface area contributed by atoms with Crippen molar-refractivity contribution in [1.82, 2.24) is 20.5 Å². The molecule has 1 aromatic rings. The lowest BCUT2D eigenvalue weighted by Gasteiger charge is -2.07. The van der Waals surface area contributed by atoms with E-state index in [1.54, 1.807) is 10.9 Å². The van der Waals surface area contributed by atoms with Crippen LogP contribution in [-0.2, 0) is 13.6 Å². The van der Waals surface area contributed by atoms with E-state index in [-0.39, 0.29) is 0 Å². The summed E-state index contributed by atoms with van der Waals surface area (Å²) in [7, 11) is 1.89. The molecule has 0 radical (unpaired) electrons. The second kappa shape index (κ2) is 6.02. The van der Waals surface area contributed by atoms with Crippen LogP contribution in [0.4, 0.5) is 0 Å². The molecule has 0 atom stereocenters. The largest absolute Gasteiger partial charge is 0.355 e. The van der Waals surface area contributed by atoms with Gasteiger partial charge in [0.15, 0.2) is 0 Å². The minimum Gasteiger partial charge on any atom is -0.355 e. The maximum atomic E-state index is 5.33. The molecule has 0 bridgehead atoms. The van der Waals surface area contributed by atoms with Crippen molar-refractivity contribution in [3.63, 3.8) is 0 Å². The molecule has 4 N–H and O–H groups in total. The van der Waals surface area contributed by atoms with Crippen molar-refractivity contribution in [2.24, 2.45) is 17.9 Å². The van der Waals surface area contributed by atoms with Crippen molar-refractivity contribution in [1.29, 1.82) is 0 Å². The molecule has 0 saturated carbocycles. The lowest BCUT2D eigenvalue weighted by Crippen LogP contribution is -2.41. The molecule has 6 heteroatoms. The van der Waals surface area contributed by atoms with Crippen LogP contribution in [0.5, 0.6) is 0 Å². The molecule has 0 aliphatic rings. The standard InChI is InChI=1S/C9H18N6/c1-3-5-11-9(14-10)12-7-8-4-6-13-15(8)2/h4,6H,3,5,7,10H2,1-2H3,(H2,11,12,14). The number of guanidine groups is 1. The first kappa shape index (κ1) is 11.5. The second-order valence-electron chi connectivity index (χ2n) is 3.18. The summed E-state index contributed by atoms with van der Waals surface area (Å²) in [6.45, 7) is 3.50. The topological polar surface area (TPSA) is 80.3 Å². The Morgan fingerprint density at radius 2 is 2.47 bits per heavy atom. The van der Waals surface area contributed by atoms with Crippen molar-refractivity contribution in [3.05, 3.63) is 18.0 Å². The lowest BCUT2D eigenvalue weighted by atomic mass is 10.4. The van der Waals surface area contributed by atoms with E-state index in [2.05, 4.69) is 27.8 Å². The summed E-state index contributed by atoms with van der Waals surface area (Å²) in [5.74, 6) is 5.93. The molecule has 0 spiro atoms. The van der Waals surface area contributed by atoms with E-state index in [1.807, 2.05) is 13.1 Å². The summed E-state index contributed by atoms with van der Waals surface area (Å²) in [5, 5.41) is 7.14. The number of aryl methyl sites for hydroxylation is 1. The lowest BCUT2D eigenvalue weighted by molar-refractivity contribution is 0.706. The Hall–Kier alpha value is -1.56. The molecule has 0 fully saturated rings. The van der Waals surface area contributed by atoms with Gasteiger partial charge in [-0.2, -0.15) is 5.10 Å². The Bertz CT molecular complexity index is 316. The minimum absolute atomic E-state index is 0.562. The summed E-state index contributed by atoms with van der Waals surface area (Å²) >= 11 is 0. The van der Waals surface area contributed by atoms with Crippen LogP contribution in [0.1, 0.15) is 19.0 Å². The molecule has 1 heterocycles. The highest BCUT2D eigenvalue weighted by Crippen LogP contribution is 1.97. The minimum atomic E-state index is 0.562. The SMILES string of the molecule is CCCNC(=NCc1ccnn1C)NN. The van der Waals surface area contributed by atoms with E-state index in [4.69, 9.17) is 5.84 Å². The van der Waals surface area contributed by atoms with Crippen LogP contribution in [0, 0.1) is 0 Å². The second-order valence-corrected chi connectivity index (χ2v) is 3.18. The molecule has 0 aliphatic heterocycles. The van der Waals surface area contributed by atoms with Gasteiger partial charge in [0.1, 0.15) is 0 Å². The number of hydrogen-bond donors (Lipinski definition) is 3. The van der Waals surface area contributed by atoms with E-state index in [9.17, 15) is 0 Å². The molecule has 84 valence electrons. The molecule has 0 aromatic carbocycles. The number of hydrazine groups is 1. The van der Waals surface area contributed by atoms with E-state index < -0.39 is 0 Å². The zero-order valence-electron chi connectivity index (χ0n) is 9.20.